The summed E-state index contributed by atoms with van der Waals surface area (Å²) in [5.74, 6) is -0.139. The molecule has 3 amide bonds. The van der Waals surface area contributed by atoms with Crippen molar-refractivity contribution in [2.75, 3.05) is 11.4 Å². The first-order chi connectivity index (χ1) is 14.5. The molecule has 1 saturated heterocycles. The molecule has 2 saturated carbocycles. The molecule has 1 aromatic carbocycles. The summed E-state index contributed by atoms with van der Waals surface area (Å²) in [4.78, 5) is 40.2. The van der Waals surface area contributed by atoms with E-state index < -0.39 is 0 Å². The maximum atomic E-state index is 13.1. The Bertz CT molecular complexity index is 912. The third-order valence-electron chi connectivity index (χ3n) is 7.50. The normalized spacial score (nSPS) is 29.9. The van der Waals surface area contributed by atoms with Crippen LogP contribution in [0.5, 0.6) is 0 Å². The standard InChI is InChI=1S/C24H27ClN2O3/c25-19-9-8-17(13-18(19)22(28)26-11-10-14-4-2-1-3-5-14)27-23(29)20-15-6-7-16(12-15)21(20)24(27)30/h4,8-9,13,15-16,20-21H,1-3,5-7,10-12H2,(H,26,28)/t15-,16-,20-,21+/m0/s1. The average Bonchev–Trinajstić information content (AvgIpc) is 3.43. The fourth-order valence-corrected chi connectivity index (χ4v) is 6.26. The number of halogens is 1. The zero-order valence-electron chi connectivity index (χ0n) is 17.0. The van der Waals surface area contributed by atoms with E-state index in [4.69, 9.17) is 11.6 Å². The predicted molar refractivity (Wildman–Crippen MR) is 115 cm³/mol. The summed E-state index contributed by atoms with van der Waals surface area (Å²) in [5, 5.41) is 3.27. The number of rotatable bonds is 5. The SMILES string of the molecule is O=C(NCCC1=CCCCC1)c1cc(N2C(=O)[C@@H]3[C@H]4CC[C@@H](C4)[C@@H]3C2=O)ccc1Cl. The van der Waals surface area contributed by atoms with Gasteiger partial charge < -0.3 is 5.32 Å². The smallest absolute Gasteiger partial charge is 0.252 e. The molecule has 1 heterocycles. The van der Waals surface area contributed by atoms with E-state index >= 15 is 0 Å². The van der Waals surface area contributed by atoms with Gasteiger partial charge in [0.1, 0.15) is 0 Å². The van der Waals surface area contributed by atoms with Gasteiger partial charge in [0.05, 0.1) is 28.1 Å². The van der Waals surface area contributed by atoms with Crippen LogP contribution in [0.1, 0.15) is 61.7 Å². The minimum Gasteiger partial charge on any atom is -0.352 e. The minimum atomic E-state index is -0.266. The van der Waals surface area contributed by atoms with Gasteiger partial charge in [0.2, 0.25) is 11.8 Å². The molecule has 0 spiro atoms. The molecular weight excluding hydrogens is 400 g/mol. The van der Waals surface area contributed by atoms with Gasteiger partial charge in [-0.1, -0.05) is 23.3 Å². The topological polar surface area (TPSA) is 66.5 Å². The second-order valence-corrected chi connectivity index (χ2v) is 9.58. The summed E-state index contributed by atoms with van der Waals surface area (Å²) in [6.07, 6.45) is 10.9. The first-order valence-corrected chi connectivity index (χ1v) is 11.6. The van der Waals surface area contributed by atoms with E-state index in [0.29, 0.717) is 34.7 Å². The van der Waals surface area contributed by atoms with Gasteiger partial charge in [0.25, 0.3) is 5.91 Å². The Hall–Kier alpha value is -2.14. The molecule has 5 rings (SSSR count). The zero-order chi connectivity index (χ0) is 20.8. The fraction of sp³-hybridized carbons (Fsp3) is 0.542. The van der Waals surface area contributed by atoms with Crippen LogP contribution in [0, 0.1) is 23.7 Å². The lowest BCUT2D eigenvalue weighted by Gasteiger charge is -2.19. The zero-order valence-corrected chi connectivity index (χ0v) is 17.8. The molecule has 1 aliphatic heterocycles. The number of imide groups is 1. The molecule has 1 aromatic rings. The lowest BCUT2D eigenvalue weighted by molar-refractivity contribution is -0.123. The summed E-state index contributed by atoms with van der Waals surface area (Å²) in [6.45, 7) is 0.556. The van der Waals surface area contributed by atoms with E-state index in [0.717, 1.165) is 38.5 Å². The summed E-state index contributed by atoms with van der Waals surface area (Å²) in [7, 11) is 0. The van der Waals surface area contributed by atoms with Crippen molar-refractivity contribution in [3.8, 4) is 0 Å². The molecule has 158 valence electrons. The number of hydrogen-bond donors (Lipinski definition) is 1. The highest BCUT2D eigenvalue weighted by molar-refractivity contribution is 6.34. The molecule has 0 aromatic heterocycles. The lowest BCUT2D eigenvalue weighted by Crippen LogP contribution is -2.33. The number of carbonyl (C=O) groups is 3. The molecule has 3 fully saturated rings. The first-order valence-electron chi connectivity index (χ1n) is 11.2. The van der Waals surface area contributed by atoms with Gasteiger partial charge >= 0.3 is 0 Å². The van der Waals surface area contributed by atoms with Crippen LogP contribution in [-0.2, 0) is 9.59 Å². The highest BCUT2D eigenvalue weighted by Gasteiger charge is 2.61. The van der Waals surface area contributed by atoms with Gasteiger partial charge in [-0.3, -0.25) is 19.3 Å². The molecular formula is C24H27ClN2O3. The third kappa shape index (κ3) is 3.27. The van der Waals surface area contributed by atoms with Crippen LogP contribution in [0.25, 0.3) is 0 Å². The maximum absolute atomic E-state index is 13.1. The number of anilines is 1. The largest absolute Gasteiger partial charge is 0.352 e. The number of benzene rings is 1. The number of hydrogen-bond acceptors (Lipinski definition) is 3. The van der Waals surface area contributed by atoms with Crippen molar-refractivity contribution in [3.05, 3.63) is 40.4 Å². The van der Waals surface area contributed by atoms with Crippen molar-refractivity contribution in [2.45, 2.75) is 51.4 Å². The third-order valence-corrected chi connectivity index (χ3v) is 7.83. The number of amides is 3. The molecule has 5 nitrogen and oxygen atoms in total. The van der Waals surface area contributed by atoms with Crippen LogP contribution in [0.15, 0.2) is 29.8 Å². The summed E-state index contributed by atoms with van der Waals surface area (Å²) < 4.78 is 0. The Labute approximate surface area is 181 Å². The average molecular weight is 427 g/mol. The van der Waals surface area contributed by atoms with Crippen molar-refractivity contribution >= 4 is 35.0 Å². The van der Waals surface area contributed by atoms with Crippen molar-refractivity contribution in [3.63, 3.8) is 0 Å². The highest BCUT2D eigenvalue weighted by Crippen LogP contribution is 2.56. The molecule has 0 unspecified atom stereocenters. The molecule has 3 aliphatic carbocycles. The van der Waals surface area contributed by atoms with Gasteiger partial charge in [0.15, 0.2) is 0 Å². The van der Waals surface area contributed by atoms with Gasteiger partial charge in [-0.2, -0.15) is 0 Å². The quantitative estimate of drug-likeness (QED) is 0.557. The van der Waals surface area contributed by atoms with Gasteiger partial charge in [-0.05, 0) is 81.4 Å². The monoisotopic (exact) mass is 426 g/mol. The van der Waals surface area contributed by atoms with Crippen LogP contribution in [0.4, 0.5) is 5.69 Å². The van der Waals surface area contributed by atoms with E-state index in [1.165, 1.54) is 23.3 Å². The van der Waals surface area contributed by atoms with Crippen LogP contribution in [-0.4, -0.2) is 24.3 Å². The Morgan fingerprint density at radius 3 is 2.50 bits per heavy atom. The minimum absolute atomic E-state index is 0.102. The van der Waals surface area contributed by atoms with E-state index in [9.17, 15) is 14.4 Å². The second kappa shape index (κ2) is 7.84. The molecule has 4 aliphatic rings. The van der Waals surface area contributed by atoms with Crippen LogP contribution in [0.3, 0.4) is 0 Å². The van der Waals surface area contributed by atoms with E-state index in [-0.39, 0.29) is 29.6 Å². The van der Waals surface area contributed by atoms with Gasteiger partial charge in [-0.15, -0.1) is 0 Å². The molecule has 1 N–H and O–H groups in total. The van der Waals surface area contributed by atoms with Crippen LogP contribution in [0.2, 0.25) is 5.02 Å². The predicted octanol–water partition coefficient (Wildman–Crippen LogP) is 4.50. The van der Waals surface area contributed by atoms with E-state index in [1.54, 1.807) is 18.2 Å². The Morgan fingerprint density at radius 2 is 1.83 bits per heavy atom. The van der Waals surface area contributed by atoms with Crippen LogP contribution >= 0.6 is 11.6 Å². The Balaban J connectivity index is 1.31. The second-order valence-electron chi connectivity index (χ2n) is 9.17. The van der Waals surface area contributed by atoms with Gasteiger partial charge in [0, 0.05) is 6.54 Å². The number of allylic oxidation sites excluding steroid dienone is 1. The first kappa shape index (κ1) is 19.8. The van der Waals surface area contributed by atoms with Crippen molar-refractivity contribution in [2.24, 2.45) is 23.7 Å². The summed E-state index contributed by atoms with van der Waals surface area (Å²) in [5.41, 5.74) is 2.17. The lowest BCUT2D eigenvalue weighted by atomic mass is 9.81. The number of carbonyl (C=O) groups excluding carboxylic acids is 3. The van der Waals surface area contributed by atoms with Crippen molar-refractivity contribution in [1.29, 1.82) is 0 Å². The van der Waals surface area contributed by atoms with Crippen molar-refractivity contribution < 1.29 is 14.4 Å². The molecule has 30 heavy (non-hydrogen) atoms. The maximum Gasteiger partial charge on any atom is 0.252 e. The van der Waals surface area contributed by atoms with Crippen molar-refractivity contribution in [1.82, 2.24) is 5.32 Å². The molecule has 2 bridgehead atoms. The highest BCUT2D eigenvalue weighted by atomic mass is 35.5. The summed E-state index contributed by atoms with van der Waals surface area (Å²) in [6, 6.07) is 4.87. The van der Waals surface area contributed by atoms with E-state index in [1.807, 2.05) is 0 Å². The molecule has 0 radical (unpaired) electrons. The Morgan fingerprint density at radius 1 is 1.10 bits per heavy atom. The number of nitrogens with zero attached hydrogens (tertiary/aromatic N) is 1. The van der Waals surface area contributed by atoms with E-state index in [2.05, 4.69) is 11.4 Å². The fourth-order valence-electron chi connectivity index (χ4n) is 6.05. The Kier molecular flexibility index (Phi) is 5.18. The van der Waals surface area contributed by atoms with Gasteiger partial charge in [-0.25, -0.2) is 0 Å². The molecule has 6 heteroatoms. The summed E-state index contributed by atoms with van der Waals surface area (Å²) >= 11 is 6.29. The number of fused-ring (bicyclic) bond motifs is 5. The van der Waals surface area contributed by atoms with Crippen LogP contribution < -0.4 is 10.2 Å². The molecule has 4 atom stereocenters. The number of nitrogens with one attached hydrogen (secondary N) is 1.